The van der Waals surface area contributed by atoms with Crippen molar-refractivity contribution in [1.29, 1.82) is 0 Å². The molecule has 0 saturated carbocycles. The zero-order valence-electron chi connectivity index (χ0n) is 22.9. The molecule has 0 bridgehead atoms. The lowest BCUT2D eigenvalue weighted by Gasteiger charge is -2.44. The van der Waals surface area contributed by atoms with Crippen molar-refractivity contribution in [3.05, 3.63) is 71.8 Å². The molecule has 0 unspecified atom stereocenters. The largest absolute Gasteiger partial charge is 0.416 e. The molecule has 0 aliphatic carbocycles. The number of hydrogen-bond acceptors (Lipinski definition) is 2. The first-order chi connectivity index (χ1) is 15.1. The van der Waals surface area contributed by atoms with Crippen LogP contribution in [0.15, 0.2) is 60.7 Å². The van der Waals surface area contributed by atoms with Gasteiger partial charge in [0.05, 0.1) is 0 Å². The van der Waals surface area contributed by atoms with Crippen LogP contribution < -0.4 is 0 Å². The predicted octanol–water partition coefficient (Wildman–Crippen LogP) is 8.50. The summed E-state index contributed by atoms with van der Waals surface area (Å²) in [6.07, 6.45) is 1.90. The monoisotopic (exact) mass is 484 g/mol. The zero-order valence-corrected chi connectivity index (χ0v) is 24.9. The van der Waals surface area contributed by atoms with Gasteiger partial charge in [-0.3, -0.25) is 0 Å². The molecule has 33 heavy (non-hydrogen) atoms. The van der Waals surface area contributed by atoms with Gasteiger partial charge in [-0.2, -0.15) is 0 Å². The number of benzene rings is 2. The van der Waals surface area contributed by atoms with E-state index < -0.39 is 16.6 Å². The highest BCUT2D eigenvalue weighted by molar-refractivity contribution is 6.74. The highest BCUT2D eigenvalue weighted by atomic mass is 28.4. The molecule has 0 saturated heterocycles. The summed E-state index contributed by atoms with van der Waals surface area (Å²) in [5, 5.41) is 0.358. The number of rotatable bonds is 10. The van der Waals surface area contributed by atoms with E-state index in [1.165, 1.54) is 11.1 Å². The van der Waals surface area contributed by atoms with Crippen molar-refractivity contribution in [1.82, 2.24) is 0 Å². The fourth-order valence-corrected chi connectivity index (χ4v) is 5.67. The van der Waals surface area contributed by atoms with Crippen LogP contribution >= 0.6 is 0 Å². The van der Waals surface area contributed by atoms with Gasteiger partial charge in [-0.05, 0) is 60.2 Å². The Labute approximate surface area is 206 Å². The van der Waals surface area contributed by atoms with E-state index in [2.05, 4.69) is 128 Å². The lowest BCUT2D eigenvalue weighted by molar-refractivity contribution is 0.0645. The van der Waals surface area contributed by atoms with Crippen molar-refractivity contribution in [3.8, 4) is 0 Å². The summed E-state index contributed by atoms with van der Waals surface area (Å²) in [4.78, 5) is 0. The zero-order chi connectivity index (χ0) is 25.0. The van der Waals surface area contributed by atoms with Crippen LogP contribution in [0.2, 0.25) is 36.3 Å². The maximum Gasteiger partial charge on any atom is 0.192 e. The minimum Gasteiger partial charge on any atom is -0.416 e. The summed E-state index contributed by atoms with van der Waals surface area (Å²) in [5.41, 5.74) is 2.59. The van der Waals surface area contributed by atoms with Gasteiger partial charge in [-0.25, -0.2) is 0 Å². The van der Waals surface area contributed by atoms with Crippen molar-refractivity contribution in [2.75, 3.05) is 13.2 Å². The molecule has 4 heteroatoms. The van der Waals surface area contributed by atoms with Crippen LogP contribution in [0.1, 0.15) is 52.7 Å². The Hall–Kier alpha value is -1.21. The summed E-state index contributed by atoms with van der Waals surface area (Å²) in [5.74, 6) is 0. The summed E-state index contributed by atoms with van der Waals surface area (Å²) in [7, 11) is -3.81. The van der Waals surface area contributed by atoms with Crippen LogP contribution in [0, 0.1) is 5.41 Å². The van der Waals surface area contributed by atoms with Crippen LogP contribution in [0.3, 0.4) is 0 Å². The molecule has 0 N–H and O–H groups in total. The molecule has 0 atom stereocenters. The minimum atomic E-state index is -1.90. The fourth-order valence-electron chi connectivity index (χ4n) is 3.47. The Morgan fingerprint density at radius 3 is 1.12 bits per heavy atom. The average molecular weight is 485 g/mol. The van der Waals surface area contributed by atoms with Crippen LogP contribution in [0.25, 0.3) is 0 Å². The Morgan fingerprint density at radius 1 is 0.545 bits per heavy atom. The SMILES string of the molecule is CC(C)(C)[Si](C)(C)OCC(CO[Si](C)(C)C(C)(C)C)(Cc1ccccc1)Cc1ccccc1. The van der Waals surface area contributed by atoms with E-state index in [4.69, 9.17) is 8.85 Å². The van der Waals surface area contributed by atoms with Gasteiger partial charge in [-0.15, -0.1) is 0 Å². The Bertz CT molecular complexity index is 773. The van der Waals surface area contributed by atoms with Crippen molar-refractivity contribution < 1.29 is 8.85 Å². The molecule has 0 aromatic heterocycles. The lowest BCUT2D eigenvalue weighted by Crippen LogP contribution is -2.49. The molecule has 0 aliphatic heterocycles. The lowest BCUT2D eigenvalue weighted by atomic mass is 9.78. The van der Waals surface area contributed by atoms with Crippen LogP contribution in [0.4, 0.5) is 0 Å². The second-order valence-electron chi connectivity index (χ2n) is 12.9. The smallest absolute Gasteiger partial charge is 0.192 e. The van der Waals surface area contributed by atoms with Gasteiger partial charge in [0.2, 0.25) is 0 Å². The second-order valence-corrected chi connectivity index (χ2v) is 22.5. The first kappa shape index (κ1) is 28.0. The maximum absolute atomic E-state index is 6.93. The predicted molar refractivity (Wildman–Crippen MR) is 149 cm³/mol. The third kappa shape index (κ3) is 7.92. The molecular formula is C29H48O2Si2. The first-order valence-electron chi connectivity index (χ1n) is 12.4. The van der Waals surface area contributed by atoms with E-state index in [0.717, 1.165) is 26.1 Å². The minimum absolute atomic E-state index is 0.117. The Kier molecular flexibility index (Phi) is 9.00. The second kappa shape index (κ2) is 10.6. The summed E-state index contributed by atoms with van der Waals surface area (Å²) in [6, 6.07) is 21.8. The third-order valence-corrected chi connectivity index (χ3v) is 16.9. The van der Waals surface area contributed by atoms with Crippen molar-refractivity contribution >= 4 is 16.6 Å². The van der Waals surface area contributed by atoms with E-state index in [1.54, 1.807) is 0 Å². The standard InChI is InChI=1S/C29H48O2Si2/c1-27(2,3)32(7,8)30-23-29(21-25-17-13-11-14-18-25,22-26-19-15-12-16-20-26)24-31-33(9,10)28(4,5)6/h11-20H,21-24H2,1-10H3. The van der Waals surface area contributed by atoms with E-state index in [1.807, 2.05) is 0 Å². The highest BCUT2D eigenvalue weighted by Gasteiger charge is 2.43. The van der Waals surface area contributed by atoms with E-state index in [0.29, 0.717) is 0 Å². The molecule has 0 radical (unpaired) electrons. The molecular weight excluding hydrogens is 436 g/mol. The van der Waals surface area contributed by atoms with E-state index in [9.17, 15) is 0 Å². The average Bonchev–Trinajstić information content (AvgIpc) is 2.71. The van der Waals surface area contributed by atoms with Gasteiger partial charge in [0.25, 0.3) is 0 Å². The van der Waals surface area contributed by atoms with Gasteiger partial charge >= 0.3 is 0 Å². The summed E-state index contributed by atoms with van der Waals surface area (Å²) >= 11 is 0. The van der Waals surface area contributed by atoms with Gasteiger partial charge in [-0.1, -0.05) is 102 Å². The van der Waals surface area contributed by atoms with Crippen LogP contribution in [0.5, 0.6) is 0 Å². The molecule has 184 valence electrons. The topological polar surface area (TPSA) is 18.5 Å². The molecule has 0 heterocycles. The molecule has 0 amide bonds. The van der Waals surface area contributed by atoms with Crippen LogP contribution in [-0.4, -0.2) is 29.8 Å². The Morgan fingerprint density at radius 2 is 0.848 bits per heavy atom. The van der Waals surface area contributed by atoms with Gasteiger partial charge in [0.1, 0.15) is 0 Å². The molecule has 2 nitrogen and oxygen atoms in total. The van der Waals surface area contributed by atoms with E-state index in [-0.39, 0.29) is 15.5 Å². The molecule has 2 rings (SSSR count). The molecule has 0 spiro atoms. The van der Waals surface area contributed by atoms with Crippen molar-refractivity contribution in [2.45, 2.75) is 90.6 Å². The normalized spacial score (nSPS) is 13.9. The van der Waals surface area contributed by atoms with Crippen molar-refractivity contribution in [2.24, 2.45) is 5.41 Å². The quantitative estimate of drug-likeness (QED) is 0.315. The maximum atomic E-state index is 6.93. The molecule has 2 aromatic rings. The third-order valence-electron chi connectivity index (χ3n) is 7.93. The first-order valence-corrected chi connectivity index (χ1v) is 18.2. The fraction of sp³-hybridized carbons (Fsp3) is 0.586. The van der Waals surface area contributed by atoms with Crippen LogP contribution in [-0.2, 0) is 21.7 Å². The van der Waals surface area contributed by atoms with Gasteiger partial charge < -0.3 is 8.85 Å². The molecule has 0 aliphatic rings. The molecule has 2 aromatic carbocycles. The Balaban J connectivity index is 2.46. The van der Waals surface area contributed by atoms with Crippen molar-refractivity contribution in [3.63, 3.8) is 0 Å². The van der Waals surface area contributed by atoms with Gasteiger partial charge in [0.15, 0.2) is 16.6 Å². The number of hydrogen-bond donors (Lipinski definition) is 0. The highest BCUT2D eigenvalue weighted by Crippen LogP contribution is 2.41. The molecule has 0 fully saturated rings. The van der Waals surface area contributed by atoms with E-state index >= 15 is 0 Å². The summed E-state index contributed by atoms with van der Waals surface area (Å²) < 4.78 is 13.9. The summed E-state index contributed by atoms with van der Waals surface area (Å²) in [6.45, 7) is 24.8. The van der Waals surface area contributed by atoms with Gasteiger partial charge in [0, 0.05) is 18.6 Å².